The second kappa shape index (κ2) is 7.91. The van der Waals surface area contributed by atoms with Crippen molar-refractivity contribution in [2.45, 2.75) is 39.7 Å². The quantitative estimate of drug-likeness (QED) is 0.525. The lowest BCUT2D eigenvalue weighted by molar-refractivity contribution is -0.162. The summed E-state index contributed by atoms with van der Waals surface area (Å²) in [6, 6.07) is 5.93. The molecule has 1 aliphatic rings. The molecule has 3 heterocycles. The predicted molar refractivity (Wildman–Crippen MR) is 118 cm³/mol. The highest BCUT2D eigenvalue weighted by Crippen LogP contribution is 2.38. The number of ether oxygens (including phenoxy) is 1. The molecule has 158 valence electrons. The van der Waals surface area contributed by atoms with Crippen molar-refractivity contribution in [3.8, 4) is 11.5 Å². The van der Waals surface area contributed by atoms with Gasteiger partial charge in [0, 0.05) is 30.2 Å². The van der Waals surface area contributed by atoms with Crippen LogP contribution in [0.1, 0.15) is 34.1 Å². The molecule has 0 amide bonds. The first kappa shape index (κ1) is 20.7. The maximum Gasteiger partial charge on any atom is 0.309 e. The number of rotatable bonds is 3. The van der Waals surface area contributed by atoms with E-state index in [1.54, 1.807) is 18.7 Å². The molecule has 3 aromatic rings. The molecule has 0 aliphatic carbocycles. The van der Waals surface area contributed by atoms with Crippen LogP contribution in [0.25, 0.3) is 22.4 Å². The van der Waals surface area contributed by atoms with E-state index in [4.69, 9.17) is 20.8 Å². The van der Waals surface area contributed by atoms with Crippen LogP contribution >= 0.6 is 11.6 Å². The number of nitrogens with zero attached hydrogens (tertiary/aromatic N) is 3. The van der Waals surface area contributed by atoms with Crippen LogP contribution in [0.5, 0.6) is 0 Å². The molecular formula is C23H26ClN3O3. The van der Waals surface area contributed by atoms with Gasteiger partial charge in [-0.15, -0.1) is 0 Å². The molecule has 2 atom stereocenters. The van der Waals surface area contributed by atoms with Gasteiger partial charge < -0.3 is 14.1 Å². The minimum atomic E-state index is -0.473. The third-order valence-corrected chi connectivity index (χ3v) is 5.68. The number of piperidine rings is 1. The molecule has 0 N–H and O–H groups in total. The fourth-order valence-electron chi connectivity index (χ4n) is 4.05. The number of halogens is 1. The summed E-state index contributed by atoms with van der Waals surface area (Å²) in [5, 5.41) is 1.58. The van der Waals surface area contributed by atoms with E-state index in [9.17, 15) is 4.79 Å². The number of anilines is 1. The number of hydrogen-bond acceptors (Lipinski definition) is 6. The van der Waals surface area contributed by atoms with E-state index in [0.717, 1.165) is 41.7 Å². The standard InChI is InChI=1S/C23H26ClN3O3/c1-14-13-27(9-7-16(14)22(28)30-23(2,3)4)20-17-6-5-15(21-25-8-10-29-21)11-19(17)26-12-18(20)24/h5-6,8,10-12,14,16H,7,9,13H2,1-4H3. The normalized spacial score (nSPS) is 19.8. The lowest BCUT2D eigenvalue weighted by atomic mass is 9.86. The lowest BCUT2D eigenvalue weighted by Gasteiger charge is -2.38. The molecule has 1 saturated heterocycles. The molecule has 0 spiro atoms. The number of fused-ring (bicyclic) bond motifs is 1. The molecule has 30 heavy (non-hydrogen) atoms. The molecule has 7 heteroatoms. The Hall–Kier alpha value is -2.60. The molecule has 1 fully saturated rings. The second-order valence-corrected chi connectivity index (χ2v) is 9.28. The maximum atomic E-state index is 12.6. The van der Waals surface area contributed by atoms with E-state index in [1.165, 1.54) is 0 Å². The molecule has 0 radical (unpaired) electrons. The monoisotopic (exact) mass is 427 g/mol. The number of oxazole rings is 1. The Balaban J connectivity index is 1.60. The molecule has 1 aliphatic heterocycles. The van der Waals surface area contributed by atoms with Crippen LogP contribution in [0.3, 0.4) is 0 Å². The van der Waals surface area contributed by atoms with Crippen LogP contribution in [0.2, 0.25) is 5.02 Å². The third-order valence-electron chi connectivity index (χ3n) is 5.41. The van der Waals surface area contributed by atoms with Gasteiger partial charge in [-0.25, -0.2) is 4.98 Å². The number of carbonyl (C=O) groups excluding carboxylic acids is 1. The molecule has 1 aromatic carbocycles. The molecule has 0 bridgehead atoms. The van der Waals surface area contributed by atoms with E-state index < -0.39 is 5.60 Å². The van der Waals surface area contributed by atoms with Gasteiger partial charge in [-0.2, -0.15) is 0 Å². The van der Waals surface area contributed by atoms with Crippen molar-refractivity contribution in [3.63, 3.8) is 0 Å². The van der Waals surface area contributed by atoms with Crippen LogP contribution in [0.15, 0.2) is 41.3 Å². The fourth-order valence-corrected chi connectivity index (χ4v) is 4.32. The zero-order chi connectivity index (χ0) is 21.5. The van der Waals surface area contributed by atoms with Crippen molar-refractivity contribution < 1.29 is 13.9 Å². The number of carbonyl (C=O) groups is 1. The van der Waals surface area contributed by atoms with Gasteiger partial charge in [-0.1, -0.05) is 18.5 Å². The summed E-state index contributed by atoms with van der Waals surface area (Å²) in [5.74, 6) is 0.487. The zero-order valence-electron chi connectivity index (χ0n) is 17.7. The largest absolute Gasteiger partial charge is 0.460 e. The number of esters is 1. The van der Waals surface area contributed by atoms with Crippen LogP contribution in [-0.4, -0.2) is 34.6 Å². The SMILES string of the molecule is CC1CN(c2c(Cl)cnc3cc(-c4ncco4)ccc23)CCC1C(=O)OC(C)(C)C. The lowest BCUT2D eigenvalue weighted by Crippen LogP contribution is -2.44. The number of benzene rings is 1. The Morgan fingerprint density at radius 3 is 2.77 bits per heavy atom. The van der Waals surface area contributed by atoms with Gasteiger partial charge in [0.2, 0.25) is 5.89 Å². The summed E-state index contributed by atoms with van der Waals surface area (Å²) in [7, 11) is 0. The first-order chi connectivity index (χ1) is 14.2. The zero-order valence-corrected chi connectivity index (χ0v) is 18.4. The third kappa shape index (κ3) is 4.15. The molecule has 4 rings (SSSR count). The van der Waals surface area contributed by atoms with Crippen molar-refractivity contribution in [2.24, 2.45) is 11.8 Å². The maximum absolute atomic E-state index is 12.6. The van der Waals surface area contributed by atoms with Gasteiger partial charge in [-0.3, -0.25) is 9.78 Å². The number of hydrogen-bond donors (Lipinski definition) is 0. The van der Waals surface area contributed by atoms with E-state index in [2.05, 4.69) is 21.8 Å². The van der Waals surface area contributed by atoms with Crippen molar-refractivity contribution in [1.82, 2.24) is 9.97 Å². The van der Waals surface area contributed by atoms with Crippen LogP contribution < -0.4 is 4.90 Å². The molecule has 2 unspecified atom stereocenters. The highest BCUT2D eigenvalue weighted by molar-refractivity contribution is 6.34. The Labute approximate surface area is 181 Å². The number of aromatic nitrogens is 2. The average molecular weight is 428 g/mol. The van der Waals surface area contributed by atoms with Gasteiger partial charge in [0.25, 0.3) is 0 Å². The first-order valence-electron chi connectivity index (χ1n) is 10.2. The highest BCUT2D eigenvalue weighted by Gasteiger charge is 2.35. The van der Waals surface area contributed by atoms with Gasteiger partial charge in [0.15, 0.2) is 0 Å². The summed E-state index contributed by atoms with van der Waals surface area (Å²) in [5.41, 5.74) is 2.17. The van der Waals surface area contributed by atoms with Crippen molar-refractivity contribution in [1.29, 1.82) is 0 Å². The highest BCUT2D eigenvalue weighted by atomic mass is 35.5. The minimum absolute atomic E-state index is 0.107. The van der Waals surface area contributed by atoms with Gasteiger partial charge in [-0.05, 0) is 51.3 Å². The van der Waals surface area contributed by atoms with Crippen molar-refractivity contribution >= 4 is 34.2 Å². The van der Waals surface area contributed by atoms with Crippen LogP contribution in [0, 0.1) is 11.8 Å². The number of pyridine rings is 1. The molecule has 6 nitrogen and oxygen atoms in total. The van der Waals surface area contributed by atoms with E-state index >= 15 is 0 Å². The summed E-state index contributed by atoms with van der Waals surface area (Å²) >= 11 is 6.58. The van der Waals surface area contributed by atoms with E-state index in [1.807, 2.05) is 39.0 Å². The van der Waals surface area contributed by atoms with Crippen LogP contribution in [-0.2, 0) is 9.53 Å². The topological polar surface area (TPSA) is 68.5 Å². The Morgan fingerprint density at radius 2 is 2.10 bits per heavy atom. The van der Waals surface area contributed by atoms with Gasteiger partial charge in [0.05, 0.1) is 28.3 Å². The van der Waals surface area contributed by atoms with Crippen molar-refractivity contribution in [2.75, 3.05) is 18.0 Å². The smallest absolute Gasteiger partial charge is 0.309 e. The Kier molecular flexibility index (Phi) is 5.45. The average Bonchev–Trinajstić information content (AvgIpc) is 3.21. The fraction of sp³-hybridized carbons (Fsp3) is 0.435. The van der Waals surface area contributed by atoms with Gasteiger partial charge in [0.1, 0.15) is 11.9 Å². The predicted octanol–water partition coefficient (Wildman–Crippen LogP) is 5.35. The summed E-state index contributed by atoms with van der Waals surface area (Å²) < 4.78 is 11.0. The molecule has 0 saturated carbocycles. The molecule has 2 aromatic heterocycles. The first-order valence-corrected chi connectivity index (χ1v) is 10.6. The Morgan fingerprint density at radius 1 is 1.30 bits per heavy atom. The van der Waals surface area contributed by atoms with Crippen molar-refractivity contribution in [3.05, 3.63) is 41.9 Å². The summed E-state index contributed by atoms with van der Waals surface area (Å²) in [6.07, 6.45) is 5.58. The van der Waals surface area contributed by atoms with Gasteiger partial charge >= 0.3 is 5.97 Å². The summed E-state index contributed by atoms with van der Waals surface area (Å²) in [6.45, 7) is 9.26. The minimum Gasteiger partial charge on any atom is -0.460 e. The second-order valence-electron chi connectivity index (χ2n) is 8.88. The van der Waals surface area contributed by atoms with E-state index in [0.29, 0.717) is 10.9 Å². The molecular weight excluding hydrogens is 402 g/mol. The van der Waals surface area contributed by atoms with E-state index in [-0.39, 0.29) is 17.8 Å². The Bertz CT molecular complexity index is 1060. The summed E-state index contributed by atoms with van der Waals surface area (Å²) in [4.78, 5) is 23.6. The van der Waals surface area contributed by atoms with Crippen LogP contribution in [0.4, 0.5) is 5.69 Å².